The summed E-state index contributed by atoms with van der Waals surface area (Å²) >= 11 is 0. The number of anilines is 1. The maximum atomic E-state index is 13.7. The number of aromatic nitrogens is 1. The molecule has 0 radical (unpaired) electrons. The number of rotatable bonds is 5. The Morgan fingerprint density at radius 1 is 1.19 bits per heavy atom. The Kier molecular flexibility index (Phi) is 5.59. The minimum atomic E-state index is -4.21. The van der Waals surface area contributed by atoms with Crippen LogP contribution in [0.25, 0.3) is 0 Å². The molecule has 166 valence electrons. The molecule has 1 saturated carbocycles. The minimum absolute atomic E-state index is 0.156. The molecule has 4 rings (SSSR count). The summed E-state index contributed by atoms with van der Waals surface area (Å²) in [4.78, 5) is 18.0. The number of nitrogens with zero attached hydrogens (tertiary/aromatic N) is 2. The number of alkyl halides is 3. The monoisotopic (exact) mass is 441 g/mol. The fraction of sp³-hybridized carbons (Fsp3) is 0.429. The van der Waals surface area contributed by atoms with Crippen LogP contribution in [0.2, 0.25) is 0 Å². The first-order chi connectivity index (χ1) is 14.6. The molecule has 1 saturated heterocycles. The van der Waals surface area contributed by atoms with Gasteiger partial charge in [-0.3, -0.25) is 9.69 Å². The van der Waals surface area contributed by atoms with Crippen LogP contribution in [0.1, 0.15) is 19.3 Å². The van der Waals surface area contributed by atoms with Crippen LogP contribution in [0.5, 0.6) is 11.5 Å². The zero-order valence-electron chi connectivity index (χ0n) is 16.4. The van der Waals surface area contributed by atoms with Crippen LogP contribution in [0.3, 0.4) is 0 Å². The lowest BCUT2D eigenvalue weighted by Crippen LogP contribution is -2.41. The number of nitrogens with one attached hydrogen (secondary N) is 1. The van der Waals surface area contributed by atoms with E-state index in [1.165, 1.54) is 23.2 Å². The van der Waals surface area contributed by atoms with Crippen molar-refractivity contribution in [3.05, 3.63) is 48.2 Å². The summed E-state index contributed by atoms with van der Waals surface area (Å²) in [5.74, 6) is -1.68. The van der Waals surface area contributed by atoms with Gasteiger partial charge >= 0.3 is 6.18 Å². The molecule has 1 aromatic heterocycles. The van der Waals surface area contributed by atoms with Crippen molar-refractivity contribution in [1.82, 2.24) is 9.88 Å². The SMILES string of the molecule is O=C(Nc1ccc(Oc2ccc(F)cc2F)cn1)C1CC12CCN(CC(F)(F)F)CC2. The number of likely N-dealkylation sites (tertiary alicyclic amines) is 1. The average molecular weight is 441 g/mol. The summed E-state index contributed by atoms with van der Waals surface area (Å²) in [5.41, 5.74) is -0.227. The molecule has 2 aromatic rings. The van der Waals surface area contributed by atoms with Crippen molar-refractivity contribution in [2.45, 2.75) is 25.4 Å². The summed E-state index contributed by atoms with van der Waals surface area (Å²) in [6.07, 6.45) is -1.13. The zero-order chi connectivity index (χ0) is 22.2. The van der Waals surface area contributed by atoms with Crippen LogP contribution in [0, 0.1) is 23.0 Å². The van der Waals surface area contributed by atoms with E-state index in [0.717, 1.165) is 12.1 Å². The van der Waals surface area contributed by atoms with E-state index in [1.54, 1.807) is 0 Å². The van der Waals surface area contributed by atoms with Gasteiger partial charge in [0, 0.05) is 12.0 Å². The fourth-order valence-corrected chi connectivity index (χ4v) is 4.09. The van der Waals surface area contributed by atoms with Crippen LogP contribution >= 0.6 is 0 Å². The highest BCUT2D eigenvalue weighted by Gasteiger charge is 2.58. The van der Waals surface area contributed by atoms with Gasteiger partial charge in [-0.1, -0.05) is 0 Å². The quantitative estimate of drug-likeness (QED) is 0.681. The second kappa shape index (κ2) is 8.07. The molecule has 2 heterocycles. The van der Waals surface area contributed by atoms with Crippen LogP contribution in [0.4, 0.5) is 27.8 Å². The topological polar surface area (TPSA) is 54.5 Å². The van der Waals surface area contributed by atoms with Crippen LogP contribution in [0.15, 0.2) is 36.5 Å². The average Bonchev–Trinajstić information content (AvgIpc) is 3.40. The third-order valence-electron chi connectivity index (χ3n) is 5.87. The second-order valence-electron chi connectivity index (χ2n) is 8.06. The van der Waals surface area contributed by atoms with Gasteiger partial charge in [0.15, 0.2) is 11.6 Å². The van der Waals surface area contributed by atoms with Gasteiger partial charge in [-0.25, -0.2) is 13.8 Å². The molecule has 31 heavy (non-hydrogen) atoms. The van der Waals surface area contributed by atoms with Gasteiger partial charge in [0.25, 0.3) is 0 Å². The maximum absolute atomic E-state index is 13.7. The summed E-state index contributed by atoms with van der Waals surface area (Å²) in [5, 5.41) is 2.71. The van der Waals surface area contributed by atoms with E-state index >= 15 is 0 Å². The molecule has 0 bridgehead atoms. The Labute approximate surface area is 175 Å². The van der Waals surface area contributed by atoms with E-state index in [-0.39, 0.29) is 34.6 Å². The number of halogens is 5. The number of pyridine rings is 1. The van der Waals surface area contributed by atoms with Crippen LogP contribution in [-0.4, -0.2) is 41.6 Å². The summed E-state index contributed by atoms with van der Waals surface area (Å²) < 4.78 is 69.5. The van der Waals surface area contributed by atoms with Crippen molar-refractivity contribution in [1.29, 1.82) is 0 Å². The van der Waals surface area contributed by atoms with Crippen molar-refractivity contribution in [3.8, 4) is 11.5 Å². The lowest BCUT2D eigenvalue weighted by Gasteiger charge is -2.33. The molecule has 1 aliphatic carbocycles. The van der Waals surface area contributed by atoms with Gasteiger partial charge in [-0.2, -0.15) is 13.2 Å². The first kappa shape index (κ1) is 21.5. The predicted octanol–water partition coefficient (Wildman–Crippen LogP) is 4.76. The number of piperidine rings is 1. The first-order valence-electron chi connectivity index (χ1n) is 9.82. The van der Waals surface area contributed by atoms with Gasteiger partial charge in [0.05, 0.1) is 12.7 Å². The number of benzene rings is 1. The minimum Gasteiger partial charge on any atom is -0.453 e. The summed E-state index contributed by atoms with van der Waals surface area (Å²) in [6.45, 7) is -0.263. The molecule has 1 N–H and O–H groups in total. The molecular formula is C21H20F5N3O2. The molecule has 5 nitrogen and oxygen atoms in total. The van der Waals surface area contributed by atoms with Gasteiger partial charge in [-0.15, -0.1) is 0 Å². The van der Waals surface area contributed by atoms with E-state index in [2.05, 4.69) is 10.3 Å². The Bertz CT molecular complexity index is 956. The molecule has 1 spiro atoms. The van der Waals surface area contributed by atoms with Crippen molar-refractivity contribution < 1.29 is 31.5 Å². The molecule has 2 aliphatic rings. The lowest BCUT2D eigenvalue weighted by atomic mass is 9.90. The smallest absolute Gasteiger partial charge is 0.401 e. The Hall–Kier alpha value is -2.75. The molecule has 1 unspecified atom stereocenters. The zero-order valence-corrected chi connectivity index (χ0v) is 16.4. The third kappa shape index (κ3) is 5.12. The van der Waals surface area contributed by atoms with Crippen molar-refractivity contribution >= 4 is 11.7 Å². The standard InChI is InChI=1S/C21H20F5N3O2/c22-13-1-3-17(16(23)9-13)31-14-2-4-18(27-11-14)28-19(30)15-10-20(15)5-7-29(8-6-20)12-21(24,25)26/h1-4,9,11,15H,5-8,10,12H2,(H,27,28,30). The molecule has 1 aliphatic heterocycles. The predicted molar refractivity (Wildman–Crippen MR) is 102 cm³/mol. The van der Waals surface area contributed by atoms with Gasteiger partial charge in [-0.05, 0) is 62.0 Å². The normalized spacial score (nSPS) is 20.5. The fourth-order valence-electron chi connectivity index (χ4n) is 4.09. The van der Waals surface area contributed by atoms with Crippen LogP contribution < -0.4 is 10.1 Å². The molecule has 10 heteroatoms. The van der Waals surface area contributed by atoms with Crippen molar-refractivity contribution in [2.75, 3.05) is 25.0 Å². The van der Waals surface area contributed by atoms with E-state index in [0.29, 0.717) is 38.4 Å². The number of hydrogen-bond acceptors (Lipinski definition) is 4. The largest absolute Gasteiger partial charge is 0.453 e. The molecule has 2 fully saturated rings. The first-order valence-corrected chi connectivity index (χ1v) is 9.82. The number of ether oxygens (including phenoxy) is 1. The number of amides is 1. The Morgan fingerprint density at radius 3 is 2.55 bits per heavy atom. The molecule has 1 aromatic carbocycles. The van der Waals surface area contributed by atoms with Crippen LogP contribution in [-0.2, 0) is 4.79 Å². The van der Waals surface area contributed by atoms with E-state index in [9.17, 15) is 26.7 Å². The lowest BCUT2D eigenvalue weighted by molar-refractivity contribution is -0.149. The number of carbonyl (C=O) groups is 1. The van der Waals surface area contributed by atoms with Crippen molar-refractivity contribution in [2.24, 2.45) is 11.3 Å². The summed E-state index contributed by atoms with van der Waals surface area (Å²) in [6, 6.07) is 5.92. The Morgan fingerprint density at radius 2 is 1.94 bits per heavy atom. The highest BCUT2D eigenvalue weighted by Crippen LogP contribution is 2.59. The highest BCUT2D eigenvalue weighted by molar-refractivity contribution is 5.94. The van der Waals surface area contributed by atoms with Gasteiger partial charge in [0.1, 0.15) is 17.4 Å². The number of hydrogen-bond donors (Lipinski definition) is 1. The molecule has 1 amide bonds. The van der Waals surface area contributed by atoms with E-state index < -0.39 is 24.4 Å². The molecular weight excluding hydrogens is 421 g/mol. The van der Waals surface area contributed by atoms with Gasteiger partial charge < -0.3 is 10.1 Å². The van der Waals surface area contributed by atoms with Gasteiger partial charge in [0.2, 0.25) is 5.91 Å². The summed E-state index contributed by atoms with van der Waals surface area (Å²) in [7, 11) is 0. The van der Waals surface area contributed by atoms with E-state index in [1.807, 2.05) is 0 Å². The maximum Gasteiger partial charge on any atom is 0.401 e. The number of carbonyl (C=O) groups excluding carboxylic acids is 1. The van der Waals surface area contributed by atoms with E-state index in [4.69, 9.17) is 4.74 Å². The Balaban J connectivity index is 1.29. The molecule has 1 atom stereocenters. The highest BCUT2D eigenvalue weighted by atomic mass is 19.4. The van der Waals surface area contributed by atoms with Crippen molar-refractivity contribution in [3.63, 3.8) is 0 Å². The third-order valence-corrected chi connectivity index (χ3v) is 5.87. The second-order valence-corrected chi connectivity index (χ2v) is 8.06.